The Kier molecular flexibility index (Phi) is 3.00. The van der Waals surface area contributed by atoms with Gasteiger partial charge in [0.1, 0.15) is 6.04 Å². The Balaban J connectivity index is 2.76. The summed E-state index contributed by atoms with van der Waals surface area (Å²) in [5, 5.41) is 17.6. The second kappa shape index (κ2) is 3.87. The number of hydrogen-bond acceptors (Lipinski definition) is 3. The first-order valence-electron chi connectivity index (χ1n) is 3.93. The zero-order valence-electron chi connectivity index (χ0n) is 7.06. The highest BCUT2D eigenvalue weighted by atomic mass is 19.3. The van der Waals surface area contributed by atoms with Gasteiger partial charge < -0.3 is 15.1 Å². The lowest BCUT2D eigenvalue weighted by Gasteiger charge is -2.20. The monoisotopic (exact) mass is 209 g/mol. The van der Waals surface area contributed by atoms with E-state index in [1.54, 1.807) is 0 Å². The van der Waals surface area contributed by atoms with E-state index >= 15 is 0 Å². The highest BCUT2D eigenvalue weighted by molar-refractivity contribution is 5.86. The largest absolute Gasteiger partial charge is 0.480 e. The molecule has 0 aromatic carbocycles. The Morgan fingerprint density at radius 2 is 2.00 bits per heavy atom. The van der Waals surface area contributed by atoms with Gasteiger partial charge in [-0.1, -0.05) is 0 Å². The number of carboxylic acid groups (broad SMARTS) is 1. The third-order valence-corrected chi connectivity index (χ3v) is 2.03. The van der Waals surface area contributed by atoms with E-state index < -0.39 is 30.4 Å². The van der Waals surface area contributed by atoms with Crippen LogP contribution in [0.3, 0.4) is 0 Å². The molecule has 2 N–H and O–H groups in total. The number of aliphatic hydroxyl groups excluding tert-OH is 1. The van der Waals surface area contributed by atoms with Crippen LogP contribution in [0.5, 0.6) is 0 Å². The third-order valence-electron chi connectivity index (χ3n) is 2.03. The standard InChI is InChI=1S/C7H9F2NO4/c8-5(9)6(12)10-2-3(11)1-4(10)7(13)14/h3-5,11H,1-2H2,(H,13,14). The number of carbonyl (C=O) groups excluding carboxylic acids is 1. The van der Waals surface area contributed by atoms with Crippen LogP contribution in [0.1, 0.15) is 6.42 Å². The molecule has 2 unspecified atom stereocenters. The molecule has 0 aromatic heterocycles. The lowest BCUT2D eigenvalue weighted by Crippen LogP contribution is -2.43. The van der Waals surface area contributed by atoms with Crippen molar-refractivity contribution in [2.24, 2.45) is 0 Å². The van der Waals surface area contributed by atoms with Crippen LogP contribution < -0.4 is 0 Å². The molecule has 1 rings (SSSR count). The van der Waals surface area contributed by atoms with Crippen molar-refractivity contribution in [1.82, 2.24) is 4.90 Å². The van der Waals surface area contributed by atoms with E-state index in [4.69, 9.17) is 10.2 Å². The van der Waals surface area contributed by atoms with Crippen molar-refractivity contribution in [3.8, 4) is 0 Å². The van der Waals surface area contributed by atoms with Crippen LogP contribution >= 0.6 is 0 Å². The number of likely N-dealkylation sites (tertiary alicyclic amines) is 1. The predicted octanol–water partition coefficient (Wildman–Crippen LogP) is -0.702. The highest BCUT2D eigenvalue weighted by Crippen LogP contribution is 2.19. The summed E-state index contributed by atoms with van der Waals surface area (Å²) in [4.78, 5) is 21.8. The van der Waals surface area contributed by atoms with Crippen molar-refractivity contribution in [2.75, 3.05) is 6.54 Å². The summed E-state index contributed by atoms with van der Waals surface area (Å²) in [6.07, 6.45) is -4.48. The van der Waals surface area contributed by atoms with Gasteiger partial charge in [-0.3, -0.25) is 4.79 Å². The maximum atomic E-state index is 12.0. The predicted molar refractivity (Wildman–Crippen MR) is 39.8 cm³/mol. The summed E-state index contributed by atoms with van der Waals surface area (Å²) in [5.41, 5.74) is 0. The summed E-state index contributed by atoms with van der Waals surface area (Å²) in [5.74, 6) is -2.93. The number of hydrogen-bond donors (Lipinski definition) is 2. The van der Waals surface area contributed by atoms with Crippen LogP contribution in [0.2, 0.25) is 0 Å². The minimum atomic E-state index is -3.23. The minimum Gasteiger partial charge on any atom is -0.480 e. The third kappa shape index (κ3) is 1.98. The Labute approximate surface area is 77.9 Å². The Morgan fingerprint density at radius 1 is 1.43 bits per heavy atom. The van der Waals surface area contributed by atoms with Gasteiger partial charge in [0.2, 0.25) is 0 Å². The molecule has 1 heterocycles. The summed E-state index contributed by atoms with van der Waals surface area (Å²) in [6.45, 7) is -0.347. The maximum absolute atomic E-state index is 12.0. The number of halogens is 2. The van der Waals surface area contributed by atoms with Crippen LogP contribution in [0.4, 0.5) is 8.78 Å². The molecule has 1 amide bonds. The van der Waals surface area contributed by atoms with Crippen molar-refractivity contribution >= 4 is 11.9 Å². The number of aliphatic carboxylic acids is 1. The Morgan fingerprint density at radius 3 is 2.43 bits per heavy atom. The van der Waals surface area contributed by atoms with Crippen molar-refractivity contribution in [3.05, 3.63) is 0 Å². The Hall–Kier alpha value is -1.24. The average molecular weight is 209 g/mol. The molecule has 0 saturated carbocycles. The van der Waals surface area contributed by atoms with Crippen molar-refractivity contribution in [2.45, 2.75) is 25.0 Å². The van der Waals surface area contributed by atoms with Gasteiger partial charge in [0.25, 0.3) is 5.91 Å². The van der Waals surface area contributed by atoms with E-state index in [2.05, 4.69) is 0 Å². The number of amides is 1. The van der Waals surface area contributed by atoms with Crippen LogP contribution in [0.25, 0.3) is 0 Å². The smallest absolute Gasteiger partial charge is 0.326 e. The Bertz CT molecular complexity index is 258. The first-order valence-corrected chi connectivity index (χ1v) is 3.93. The van der Waals surface area contributed by atoms with Crippen molar-refractivity contribution < 1.29 is 28.6 Å². The second-order valence-electron chi connectivity index (χ2n) is 3.03. The summed E-state index contributed by atoms with van der Waals surface area (Å²) < 4.78 is 24.0. The quantitative estimate of drug-likeness (QED) is 0.630. The summed E-state index contributed by atoms with van der Waals surface area (Å²) >= 11 is 0. The van der Waals surface area contributed by atoms with E-state index in [1.165, 1.54) is 0 Å². The zero-order valence-corrected chi connectivity index (χ0v) is 7.06. The molecule has 0 aromatic rings. The van der Waals surface area contributed by atoms with Crippen molar-refractivity contribution in [1.29, 1.82) is 0 Å². The highest BCUT2D eigenvalue weighted by Gasteiger charge is 2.41. The molecule has 1 fully saturated rings. The summed E-state index contributed by atoms with van der Waals surface area (Å²) in [7, 11) is 0. The van der Waals surface area contributed by atoms with E-state index in [1.807, 2.05) is 0 Å². The molecule has 1 aliphatic rings. The number of alkyl halides is 2. The number of nitrogens with zero attached hydrogens (tertiary/aromatic N) is 1. The first-order chi connectivity index (χ1) is 6.43. The average Bonchev–Trinajstić information content (AvgIpc) is 2.45. The molecular weight excluding hydrogens is 200 g/mol. The fourth-order valence-electron chi connectivity index (χ4n) is 1.42. The van der Waals surface area contributed by atoms with Gasteiger partial charge in [-0.05, 0) is 0 Å². The fourth-order valence-corrected chi connectivity index (χ4v) is 1.42. The summed E-state index contributed by atoms with van der Waals surface area (Å²) in [6, 6.07) is -1.34. The molecule has 2 atom stereocenters. The van der Waals surface area contributed by atoms with Crippen LogP contribution in [-0.2, 0) is 9.59 Å². The second-order valence-corrected chi connectivity index (χ2v) is 3.03. The topological polar surface area (TPSA) is 77.8 Å². The molecule has 1 saturated heterocycles. The molecule has 7 heteroatoms. The normalized spacial score (nSPS) is 27.0. The molecule has 80 valence electrons. The number of carbonyl (C=O) groups is 2. The van der Waals surface area contributed by atoms with Gasteiger partial charge in [-0.25, -0.2) is 4.79 Å². The van der Waals surface area contributed by atoms with Gasteiger partial charge in [0.05, 0.1) is 6.10 Å². The van der Waals surface area contributed by atoms with E-state index in [-0.39, 0.29) is 13.0 Å². The lowest BCUT2D eigenvalue weighted by atomic mass is 10.2. The van der Waals surface area contributed by atoms with Crippen molar-refractivity contribution in [3.63, 3.8) is 0 Å². The molecule has 14 heavy (non-hydrogen) atoms. The minimum absolute atomic E-state index is 0.201. The molecule has 1 aliphatic heterocycles. The molecular formula is C7H9F2NO4. The fraction of sp³-hybridized carbons (Fsp3) is 0.714. The molecule has 0 radical (unpaired) electrons. The number of aliphatic hydroxyl groups is 1. The number of carboxylic acids is 1. The SMILES string of the molecule is O=C(O)C1CC(O)CN1C(=O)C(F)F. The molecule has 0 aliphatic carbocycles. The van der Waals surface area contributed by atoms with Crippen LogP contribution in [-0.4, -0.2) is 52.1 Å². The van der Waals surface area contributed by atoms with Gasteiger partial charge >= 0.3 is 12.4 Å². The van der Waals surface area contributed by atoms with Gasteiger partial charge in [0, 0.05) is 13.0 Å². The molecule has 5 nitrogen and oxygen atoms in total. The van der Waals surface area contributed by atoms with E-state index in [0.29, 0.717) is 4.90 Å². The maximum Gasteiger partial charge on any atom is 0.326 e. The zero-order chi connectivity index (χ0) is 10.9. The lowest BCUT2D eigenvalue weighted by molar-refractivity contribution is -0.153. The van der Waals surface area contributed by atoms with E-state index in [9.17, 15) is 18.4 Å². The van der Waals surface area contributed by atoms with Crippen LogP contribution in [0.15, 0.2) is 0 Å². The van der Waals surface area contributed by atoms with Gasteiger partial charge in [-0.15, -0.1) is 0 Å². The van der Waals surface area contributed by atoms with Gasteiger partial charge in [0.15, 0.2) is 0 Å². The van der Waals surface area contributed by atoms with Gasteiger partial charge in [-0.2, -0.15) is 8.78 Å². The molecule has 0 spiro atoms. The number of rotatable bonds is 2. The first kappa shape index (κ1) is 10.8. The van der Waals surface area contributed by atoms with E-state index in [0.717, 1.165) is 0 Å². The molecule has 0 bridgehead atoms. The van der Waals surface area contributed by atoms with Crippen LogP contribution in [0, 0.1) is 0 Å². The number of β-amino-alcohol motifs (C(OH)–C–C–N with tert-alkyl or cyclic N) is 1.